The number of hydrogen-bond donors (Lipinski definition) is 0. The van der Waals surface area contributed by atoms with E-state index < -0.39 is 0 Å². The van der Waals surface area contributed by atoms with Crippen molar-refractivity contribution in [2.24, 2.45) is 0 Å². The van der Waals surface area contributed by atoms with Gasteiger partial charge in [-0.2, -0.15) is 5.26 Å². The lowest BCUT2D eigenvalue weighted by atomic mass is 9.90. The first kappa shape index (κ1) is 30.7. The summed E-state index contributed by atoms with van der Waals surface area (Å²) in [5.74, 6) is 1.36. The third-order valence-corrected chi connectivity index (χ3v) is 9.31. The van der Waals surface area contributed by atoms with Crippen molar-refractivity contribution in [1.29, 1.82) is 5.26 Å². The van der Waals surface area contributed by atoms with E-state index in [4.69, 9.17) is 19.9 Å². The first-order chi connectivity index (χ1) is 25.7. The van der Waals surface area contributed by atoms with Crippen molar-refractivity contribution in [3.63, 3.8) is 0 Å². The van der Waals surface area contributed by atoms with Crippen molar-refractivity contribution in [2.45, 2.75) is 0 Å². The van der Waals surface area contributed by atoms with Gasteiger partial charge in [-0.3, -0.25) is 0 Å². The van der Waals surface area contributed by atoms with Crippen LogP contribution < -0.4 is 0 Å². The van der Waals surface area contributed by atoms with E-state index in [2.05, 4.69) is 66.7 Å². The molecule has 0 amide bonds. The summed E-state index contributed by atoms with van der Waals surface area (Å²) in [6.45, 7) is 0. The Kier molecular flexibility index (Phi) is 7.81. The van der Waals surface area contributed by atoms with Crippen molar-refractivity contribution >= 4 is 21.8 Å². The van der Waals surface area contributed by atoms with Crippen LogP contribution in [0.3, 0.4) is 0 Å². The Morgan fingerprint density at radius 2 is 0.788 bits per heavy atom. The van der Waals surface area contributed by atoms with E-state index >= 15 is 0 Å². The second-order valence-corrected chi connectivity index (χ2v) is 12.6. The van der Waals surface area contributed by atoms with Crippen LogP contribution in [0.1, 0.15) is 5.56 Å². The lowest BCUT2D eigenvalue weighted by Gasteiger charge is -2.15. The molecular weight excluding hydrogens is 635 g/mol. The van der Waals surface area contributed by atoms with E-state index in [1.807, 2.05) is 115 Å². The fraction of sp³-hybridized carbons (Fsp3) is 0. The Hall–Kier alpha value is -7.29. The zero-order valence-electron chi connectivity index (χ0n) is 28.0. The van der Waals surface area contributed by atoms with Crippen molar-refractivity contribution < 1.29 is 0 Å². The highest BCUT2D eigenvalue weighted by Crippen LogP contribution is 2.38. The molecule has 0 bridgehead atoms. The smallest absolute Gasteiger partial charge is 0.160 e. The number of nitriles is 1. The predicted molar refractivity (Wildman–Crippen MR) is 210 cm³/mol. The minimum absolute atomic E-state index is 0.591. The SMILES string of the molecule is N#Cc1ccc(-c2cccc(-c3nc(-c4ccccc4)nc4ccccc34)c2)c(-c2cccc(-c3nc(-c4ccccc4)nc4ccccc34)c2)c1. The number of benzene rings is 7. The van der Waals surface area contributed by atoms with Gasteiger partial charge in [0.15, 0.2) is 11.6 Å². The number of nitrogens with zero attached hydrogens (tertiary/aromatic N) is 5. The molecule has 7 aromatic carbocycles. The maximum atomic E-state index is 9.99. The zero-order chi connectivity index (χ0) is 34.9. The molecule has 0 saturated heterocycles. The van der Waals surface area contributed by atoms with E-state index in [0.29, 0.717) is 17.2 Å². The van der Waals surface area contributed by atoms with Crippen molar-refractivity contribution in [3.05, 3.63) is 181 Å². The van der Waals surface area contributed by atoms with E-state index in [0.717, 1.165) is 77.7 Å². The molecule has 2 heterocycles. The topological polar surface area (TPSA) is 75.3 Å². The standard InChI is InChI=1S/C47H29N5/c48-30-31-25-26-38(34-17-11-19-36(28-34)44-39-21-7-9-23-42(39)49-46(51-44)32-13-3-1-4-14-32)41(27-31)35-18-12-20-37(29-35)45-40-22-8-10-24-43(40)50-47(52-45)33-15-5-2-6-16-33/h1-29H. The van der Waals surface area contributed by atoms with Gasteiger partial charge in [-0.25, -0.2) is 19.9 Å². The minimum atomic E-state index is 0.591. The van der Waals surface area contributed by atoms with Gasteiger partial charge in [-0.05, 0) is 58.7 Å². The quantitative estimate of drug-likeness (QED) is 0.177. The van der Waals surface area contributed by atoms with Gasteiger partial charge in [0.1, 0.15) is 0 Å². The molecular formula is C47H29N5. The molecule has 0 aliphatic rings. The molecule has 9 rings (SSSR count). The Bertz CT molecular complexity index is 2800. The molecule has 0 radical (unpaired) electrons. The van der Waals surface area contributed by atoms with Crippen LogP contribution in [-0.2, 0) is 0 Å². The van der Waals surface area contributed by atoms with Gasteiger partial charge >= 0.3 is 0 Å². The van der Waals surface area contributed by atoms with E-state index in [1.54, 1.807) is 0 Å². The van der Waals surface area contributed by atoms with E-state index in [-0.39, 0.29) is 0 Å². The minimum Gasteiger partial charge on any atom is -0.228 e. The summed E-state index contributed by atoms with van der Waals surface area (Å²) in [5, 5.41) is 12.0. The maximum Gasteiger partial charge on any atom is 0.160 e. The molecule has 0 spiro atoms. The van der Waals surface area contributed by atoms with Gasteiger partial charge in [0.05, 0.1) is 34.1 Å². The maximum absolute atomic E-state index is 9.99. The normalized spacial score (nSPS) is 11.1. The highest BCUT2D eigenvalue weighted by molar-refractivity contribution is 5.97. The summed E-state index contributed by atoms with van der Waals surface area (Å²) in [5.41, 5.74) is 11.9. The number of aromatic nitrogens is 4. The molecule has 0 fully saturated rings. The highest BCUT2D eigenvalue weighted by atomic mass is 14.9. The molecule has 0 unspecified atom stereocenters. The Morgan fingerprint density at radius 3 is 1.31 bits per heavy atom. The monoisotopic (exact) mass is 663 g/mol. The number of fused-ring (bicyclic) bond motifs is 2. The van der Waals surface area contributed by atoms with Gasteiger partial charge in [0.2, 0.25) is 0 Å². The van der Waals surface area contributed by atoms with Gasteiger partial charge < -0.3 is 0 Å². The number of hydrogen-bond acceptors (Lipinski definition) is 5. The lowest BCUT2D eigenvalue weighted by Crippen LogP contribution is -1.96. The third kappa shape index (κ3) is 5.75. The second kappa shape index (κ2) is 13.2. The first-order valence-electron chi connectivity index (χ1n) is 17.1. The van der Waals surface area contributed by atoms with Crippen LogP contribution in [0.2, 0.25) is 0 Å². The van der Waals surface area contributed by atoms with Gasteiger partial charge in [0, 0.05) is 33.0 Å². The van der Waals surface area contributed by atoms with E-state index in [1.165, 1.54) is 0 Å². The second-order valence-electron chi connectivity index (χ2n) is 12.6. The number of para-hydroxylation sites is 2. The third-order valence-electron chi connectivity index (χ3n) is 9.31. The summed E-state index contributed by atoms with van der Waals surface area (Å²) in [6.07, 6.45) is 0. The Morgan fingerprint density at radius 1 is 0.346 bits per heavy atom. The molecule has 242 valence electrons. The first-order valence-corrected chi connectivity index (χ1v) is 17.1. The molecule has 9 aromatic rings. The molecule has 5 nitrogen and oxygen atoms in total. The molecule has 5 heteroatoms. The van der Waals surface area contributed by atoms with Crippen LogP contribution in [0.25, 0.3) is 89.4 Å². The van der Waals surface area contributed by atoms with Gasteiger partial charge in [0.25, 0.3) is 0 Å². The fourth-order valence-electron chi connectivity index (χ4n) is 6.80. The summed E-state index contributed by atoms with van der Waals surface area (Å²) in [7, 11) is 0. The Balaban J connectivity index is 1.19. The predicted octanol–water partition coefficient (Wildman–Crippen LogP) is 11.4. The zero-order valence-corrected chi connectivity index (χ0v) is 28.0. The van der Waals surface area contributed by atoms with Crippen LogP contribution in [0.4, 0.5) is 0 Å². The van der Waals surface area contributed by atoms with Crippen molar-refractivity contribution in [3.8, 4) is 73.6 Å². The van der Waals surface area contributed by atoms with Crippen LogP contribution >= 0.6 is 0 Å². The lowest BCUT2D eigenvalue weighted by molar-refractivity contribution is 1.23. The van der Waals surface area contributed by atoms with E-state index in [9.17, 15) is 5.26 Å². The van der Waals surface area contributed by atoms with Crippen LogP contribution in [0.5, 0.6) is 0 Å². The van der Waals surface area contributed by atoms with Crippen molar-refractivity contribution in [2.75, 3.05) is 0 Å². The van der Waals surface area contributed by atoms with Gasteiger partial charge in [-0.15, -0.1) is 0 Å². The molecule has 0 aliphatic heterocycles. The molecule has 52 heavy (non-hydrogen) atoms. The average molecular weight is 664 g/mol. The van der Waals surface area contributed by atoms with Crippen LogP contribution in [0.15, 0.2) is 176 Å². The molecule has 0 aliphatic carbocycles. The van der Waals surface area contributed by atoms with Crippen LogP contribution in [-0.4, -0.2) is 19.9 Å². The highest BCUT2D eigenvalue weighted by Gasteiger charge is 2.16. The number of rotatable bonds is 6. The summed E-state index contributed by atoms with van der Waals surface area (Å²) >= 11 is 0. The van der Waals surface area contributed by atoms with Crippen LogP contribution in [0, 0.1) is 11.3 Å². The summed E-state index contributed by atoms with van der Waals surface area (Å²) in [4.78, 5) is 20.0. The van der Waals surface area contributed by atoms with Crippen molar-refractivity contribution in [1.82, 2.24) is 19.9 Å². The van der Waals surface area contributed by atoms with Gasteiger partial charge in [-0.1, -0.05) is 140 Å². The molecule has 0 saturated carbocycles. The Labute approximate surface area is 301 Å². The largest absolute Gasteiger partial charge is 0.228 e. The molecule has 2 aromatic heterocycles. The summed E-state index contributed by atoms with van der Waals surface area (Å²) in [6, 6.07) is 61.5. The fourth-order valence-corrected chi connectivity index (χ4v) is 6.80. The average Bonchev–Trinajstić information content (AvgIpc) is 3.23. The summed E-state index contributed by atoms with van der Waals surface area (Å²) < 4.78 is 0. The molecule has 0 atom stereocenters. The molecule has 0 N–H and O–H groups in total.